The van der Waals surface area contributed by atoms with Crippen molar-refractivity contribution in [1.82, 2.24) is 4.31 Å². The van der Waals surface area contributed by atoms with E-state index in [1.165, 1.54) is 31.9 Å². The van der Waals surface area contributed by atoms with Crippen LogP contribution in [-0.2, 0) is 10.0 Å². The number of halogens is 1. The van der Waals surface area contributed by atoms with Gasteiger partial charge in [0, 0.05) is 19.0 Å². The molecule has 0 radical (unpaired) electrons. The molecule has 19 heavy (non-hydrogen) atoms. The molecule has 1 saturated heterocycles. The van der Waals surface area contributed by atoms with Gasteiger partial charge in [0.2, 0.25) is 10.0 Å². The molecular weight excluding hydrogens is 282 g/mol. The van der Waals surface area contributed by atoms with Gasteiger partial charge in [0.15, 0.2) is 0 Å². The monoisotopic (exact) mass is 307 g/mol. The molecule has 2 fully saturated rings. The minimum Gasteiger partial charge on any atom is -0.213 e. The molecule has 0 aromatic rings. The van der Waals surface area contributed by atoms with Gasteiger partial charge in [-0.1, -0.05) is 25.7 Å². The molecule has 2 atom stereocenters. The Kier molecular flexibility index (Phi) is 5.55. The molecule has 0 aromatic carbocycles. The van der Waals surface area contributed by atoms with E-state index in [0.717, 1.165) is 31.1 Å². The van der Waals surface area contributed by atoms with Crippen LogP contribution in [0.4, 0.5) is 0 Å². The van der Waals surface area contributed by atoms with Crippen LogP contribution in [0.2, 0.25) is 0 Å². The summed E-state index contributed by atoms with van der Waals surface area (Å²) in [5.41, 5.74) is 0. The minimum atomic E-state index is -3.02. The van der Waals surface area contributed by atoms with Gasteiger partial charge in [0.1, 0.15) is 0 Å². The van der Waals surface area contributed by atoms with Gasteiger partial charge in [0.05, 0.1) is 6.26 Å². The van der Waals surface area contributed by atoms with Gasteiger partial charge in [0.25, 0.3) is 0 Å². The van der Waals surface area contributed by atoms with E-state index in [9.17, 15) is 8.42 Å². The first-order chi connectivity index (χ1) is 9.00. The number of alkyl halides is 1. The Bertz CT molecular complexity index is 379. The van der Waals surface area contributed by atoms with Crippen molar-refractivity contribution in [3.8, 4) is 0 Å². The molecule has 2 rings (SSSR count). The molecule has 1 aliphatic heterocycles. The Morgan fingerprint density at radius 3 is 2.47 bits per heavy atom. The average molecular weight is 308 g/mol. The Morgan fingerprint density at radius 1 is 1.21 bits per heavy atom. The molecule has 0 aromatic heterocycles. The lowest BCUT2D eigenvalue weighted by molar-refractivity contribution is 0.210. The van der Waals surface area contributed by atoms with Crippen LogP contribution in [0.15, 0.2) is 0 Å². The highest BCUT2D eigenvalue weighted by Crippen LogP contribution is 2.37. The average Bonchev–Trinajstić information content (AvgIpc) is 2.89. The fraction of sp³-hybridized carbons (Fsp3) is 1.00. The molecular formula is C14H26ClNO2S. The van der Waals surface area contributed by atoms with Crippen LogP contribution in [0, 0.1) is 17.8 Å². The third kappa shape index (κ3) is 4.33. The van der Waals surface area contributed by atoms with E-state index in [2.05, 4.69) is 0 Å². The molecule has 2 aliphatic rings. The highest BCUT2D eigenvalue weighted by molar-refractivity contribution is 7.88. The number of sulfonamides is 1. The van der Waals surface area contributed by atoms with Crippen molar-refractivity contribution in [3.63, 3.8) is 0 Å². The van der Waals surface area contributed by atoms with Gasteiger partial charge in [-0.2, -0.15) is 0 Å². The maximum atomic E-state index is 11.6. The van der Waals surface area contributed by atoms with Gasteiger partial charge in [-0.05, 0) is 37.0 Å². The summed E-state index contributed by atoms with van der Waals surface area (Å²) in [6.45, 7) is 1.41. The van der Waals surface area contributed by atoms with Crippen molar-refractivity contribution in [2.24, 2.45) is 17.8 Å². The summed E-state index contributed by atoms with van der Waals surface area (Å²) >= 11 is 6.16. The predicted molar refractivity (Wildman–Crippen MR) is 79.9 cm³/mol. The topological polar surface area (TPSA) is 37.4 Å². The molecule has 0 bridgehead atoms. The summed E-state index contributed by atoms with van der Waals surface area (Å²) in [6.07, 6.45) is 9.92. The summed E-state index contributed by atoms with van der Waals surface area (Å²) in [7, 11) is -3.02. The van der Waals surface area contributed by atoms with Crippen molar-refractivity contribution in [2.45, 2.75) is 44.9 Å². The summed E-state index contributed by atoms with van der Waals surface area (Å²) in [5, 5.41) is 0. The first-order valence-electron chi connectivity index (χ1n) is 7.51. The SMILES string of the molecule is CS(=O)(=O)N1CCCC(CC(CCl)C2CCCC2)C1. The van der Waals surface area contributed by atoms with Crippen LogP contribution < -0.4 is 0 Å². The van der Waals surface area contributed by atoms with E-state index in [-0.39, 0.29) is 0 Å². The first kappa shape index (κ1) is 15.6. The van der Waals surface area contributed by atoms with Crippen molar-refractivity contribution < 1.29 is 8.42 Å². The summed E-state index contributed by atoms with van der Waals surface area (Å²) in [4.78, 5) is 0. The number of piperidine rings is 1. The van der Waals surface area contributed by atoms with Crippen molar-refractivity contribution in [1.29, 1.82) is 0 Å². The van der Waals surface area contributed by atoms with E-state index in [0.29, 0.717) is 24.9 Å². The second kappa shape index (κ2) is 6.77. The molecule has 0 spiro atoms. The third-order valence-corrected chi connectivity index (χ3v) is 6.52. The van der Waals surface area contributed by atoms with Crippen LogP contribution in [0.3, 0.4) is 0 Å². The van der Waals surface area contributed by atoms with Crippen LogP contribution >= 0.6 is 11.6 Å². The summed E-state index contributed by atoms with van der Waals surface area (Å²) in [5.74, 6) is 2.62. The number of hydrogen-bond acceptors (Lipinski definition) is 2. The van der Waals surface area contributed by atoms with Crippen LogP contribution in [-0.4, -0.2) is 37.9 Å². The van der Waals surface area contributed by atoms with Crippen molar-refractivity contribution in [2.75, 3.05) is 25.2 Å². The minimum absolute atomic E-state index is 0.507. The van der Waals surface area contributed by atoms with E-state index in [1.807, 2.05) is 0 Å². The fourth-order valence-corrected chi connectivity index (χ4v) is 5.08. The Hall–Kier alpha value is 0.200. The molecule has 1 aliphatic carbocycles. The quantitative estimate of drug-likeness (QED) is 0.732. The molecule has 1 heterocycles. The fourth-order valence-electron chi connectivity index (χ4n) is 3.76. The lowest BCUT2D eigenvalue weighted by Gasteiger charge is -2.34. The largest absolute Gasteiger partial charge is 0.213 e. The molecule has 2 unspecified atom stereocenters. The van der Waals surface area contributed by atoms with Crippen LogP contribution in [0.1, 0.15) is 44.9 Å². The number of rotatable bonds is 5. The second-order valence-corrected chi connectivity index (χ2v) is 8.61. The van der Waals surface area contributed by atoms with Gasteiger partial charge >= 0.3 is 0 Å². The van der Waals surface area contributed by atoms with Gasteiger partial charge in [-0.25, -0.2) is 12.7 Å². The molecule has 3 nitrogen and oxygen atoms in total. The third-order valence-electron chi connectivity index (χ3n) is 4.85. The second-order valence-electron chi connectivity index (χ2n) is 6.32. The van der Waals surface area contributed by atoms with Gasteiger partial charge in [-0.15, -0.1) is 11.6 Å². The van der Waals surface area contributed by atoms with Crippen molar-refractivity contribution >= 4 is 21.6 Å². The zero-order valence-electron chi connectivity index (χ0n) is 11.9. The highest BCUT2D eigenvalue weighted by Gasteiger charge is 2.31. The highest BCUT2D eigenvalue weighted by atomic mass is 35.5. The van der Waals surface area contributed by atoms with Crippen molar-refractivity contribution in [3.05, 3.63) is 0 Å². The lowest BCUT2D eigenvalue weighted by atomic mass is 9.82. The van der Waals surface area contributed by atoms with Crippen LogP contribution in [0.5, 0.6) is 0 Å². The smallest absolute Gasteiger partial charge is 0.211 e. The van der Waals surface area contributed by atoms with E-state index >= 15 is 0 Å². The Balaban J connectivity index is 1.90. The maximum Gasteiger partial charge on any atom is 0.211 e. The maximum absolute atomic E-state index is 11.6. The molecule has 0 amide bonds. The van der Waals surface area contributed by atoms with Gasteiger partial charge in [-0.3, -0.25) is 0 Å². The number of hydrogen-bond donors (Lipinski definition) is 0. The molecule has 112 valence electrons. The number of nitrogens with zero attached hydrogens (tertiary/aromatic N) is 1. The Labute approximate surface area is 122 Å². The van der Waals surface area contributed by atoms with E-state index in [1.54, 1.807) is 4.31 Å². The Morgan fingerprint density at radius 2 is 1.89 bits per heavy atom. The predicted octanol–water partition coefficient (Wildman–Crippen LogP) is 3.09. The van der Waals surface area contributed by atoms with E-state index < -0.39 is 10.0 Å². The summed E-state index contributed by atoms with van der Waals surface area (Å²) in [6, 6.07) is 0. The first-order valence-corrected chi connectivity index (χ1v) is 9.90. The normalized spacial score (nSPS) is 28.6. The van der Waals surface area contributed by atoms with E-state index in [4.69, 9.17) is 11.6 Å². The van der Waals surface area contributed by atoms with Gasteiger partial charge < -0.3 is 0 Å². The molecule has 5 heteroatoms. The van der Waals surface area contributed by atoms with Crippen LogP contribution in [0.25, 0.3) is 0 Å². The summed E-state index contributed by atoms with van der Waals surface area (Å²) < 4.78 is 24.9. The molecule has 0 N–H and O–H groups in total. The lowest BCUT2D eigenvalue weighted by Crippen LogP contribution is -2.40. The zero-order chi connectivity index (χ0) is 13.9. The zero-order valence-corrected chi connectivity index (χ0v) is 13.4. The molecule has 1 saturated carbocycles. The standard InChI is InChI=1S/C14H26ClNO2S/c1-19(17,18)16-8-4-5-12(11-16)9-14(10-15)13-6-2-3-7-13/h12-14H,2-11H2,1H3.